The van der Waals surface area contributed by atoms with Crippen LogP contribution in [-0.2, 0) is 17.6 Å². The van der Waals surface area contributed by atoms with Crippen molar-refractivity contribution in [3.05, 3.63) is 50.9 Å². The molecular formula is C18H15FN4O3S2. The van der Waals surface area contributed by atoms with Gasteiger partial charge in [0.1, 0.15) is 22.0 Å². The number of hydrogen-bond donors (Lipinski definition) is 1. The minimum atomic E-state index is -0.722. The highest BCUT2D eigenvalue weighted by molar-refractivity contribution is 8.00. The molecule has 4 rings (SSSR count). The van der Waals surface area contributed by atoms with Crippen molar-refractivity contribution in [3.8, 4) is 0 Å². The van der Waals surface area contributed by atoms with Crippen LogP contribution in [0.15, 0.2) is 29.6 Å². The van der Waals surface area contributed by atoms with Gasteiger partial charge in [0.2, 0.25) is 5.91 Å². The van der Waals surface area contributed by atoms with E-state index in [0.29, 0.717) is 0 Å². The number of fused-ring (bicyclic) bond motifs is 3. The van der Waals surface area contributed by atoms with Crippen molar-refractivity contribution in [1.82, 2.24) is 9.97 Å². The Labute approximate surface area is 167 Å². The second-order valence-electron chi connectivity index (χ2n) is 6.33. The molecule has 0 radical (unpaired) electrons. The van der Waals surface area contributed by atoms with Crippen LogP contribution in [0.1, 0.15) is 23.3 Å². The number of carbonyl (C=O) groups is 1. The maximum Gasteiger partial charge on any atom is 0.271 e. The SMILES string of the molecule is O=C(CSc1ncnc2sc3c(c12)CCCC3)Nc1cc([N+](=O)[O-])ccc1F. The monoisotopic (exact) mass is 418 g/mol. The van der Waals surface area contributed by atoms with E-state index in [9.17, 15) is 19.3 Å². The van der Waals surface area contributed by atoms with Crippen molar-refractivity contribution < 1.29 is 14.1 Å². The first-order chi connectivity index (χ1) is 13.5. The van der Waals surface area contributed by atoms with Crippen LogP contribution in [0, 0.1) is 15.9 Å². The van der Waals surface area contributed by atoms with Crippen molar-refractivity contribution in [2.45, 2.75) is 30.7 Å². The maximum absolute atomic E-state index is 13.8. The molecule has 0 saturated heterocycles. The van der Waals surface area contributed by atoms with Crippen LogP contribution in [-0.4, -0.2) is 26.6 Å². The molecule has 2 heterocycles. The third kappa shape index (κ3) is 3.69. The number of nitro groups is 1. The number of aryl methyl sites for hydroxylation is 2. The Morgan fingerprint density at radius 1 is 1.32 bits per heavy atom. The van der Waals surface area contributed by atoms with Gasteiger partial charge >= 0.3 is 0 Å². The third-order valence-corrected chi connectivity index (χ3v) is 6.68. The fraction of sp³-hybridized carbons (Fsp3) is 0.278. The lowest BCUT2D eigenvalue weighted by Crippen LogP contribution is -2.15. The van der Waals surface area contributed by atoms with Gasteiger partial charge in [-0.25, -0.2) is 14.4 Å². The Hall–Kier alpha value is -2.59. The molecule has 0 saturated carbocycles. The Morgan fingerprint density at radius 3 is 2.96 bits per heavy atom. The fourth-order valence-electron chi connectivity index (χ4n) is 3.21. The molecular weight excluding hydrogens is 403 g/mol. The molecule has 0 fully saturated rings. The number of nitrogens with one attached hydrogen (secondary N) is 1. The molecule has 0 unspecified atom stereocenters. The summed E-state index contributed by atoms with van der Waals surface area (Å²) >= 11 is 2.94. The molecule has 2 aromatic heterocycles. The highest BCUT2D eigenvalue weighted by atomic mass is 32.2. The molecule has 28 heavy (non-hydrogen) atoms. The standard InChI is InChI=1S/C18H15FN4O3S2/c19-12-6-5-10(23(25)26)7-13(12)22-15(24)8-27-17-16-11-3-1-2-4-14(11)28-18(16)21-9-20-17/h5-7,9H,1-4,8H2,(H,22,24). The lowest BCUT2D eigenvalue weighted by Gasteiger charge is -2.11. The number of hydrogen-bond acceptors (Lipinski definition) is 7. The topological polar surface area (TPSA) is 98.0 Å². The molecule has 1 N–H and O–H groups in total. The van der Waals surface area contributed by atoms with E-state index in [2.05, 4.69) is 15.3 Å². The summed E-state index contributed by atoms with van der Waals surface area (Å²) in [6.07, 6.45) is 5.83. The van der Waals surface area contributed by atoms with Gasteiger partial charge in [-0.15, -0.1) is 11.3 Å². The number of thioether (sulfide) groups is 1. The summed E-state index contributed by atoms with van der Waals surface area (Å²) in [5.41, 5.74) is 0.784. The highest BCUT2D eigenvalue weighted by Crippen LogP contribution is 2.39. The number of nitrogens with zero attached hydrogens (tertiary/aromatic N) is 3. The molecule has 7 nitrogen and oxygen atoms in total. The van der Waals surface area contributed by atoms with Gasteiger partial charge in [-0.1, -0.05) is 11.8 Å². The van der Waals surface area contributed by atoms with Crippen LogP contribution in [0.3, 0.4) is 0 Å². The fourth-order valence-corrected chi connectivity index (χ4v) is 5.33. The molecule has 144 valence electrons. The Bertz CT molecular complexity index is 1090. The molecule has 1 aromatic carbocycles. The second kappa shape index (κ2) is 7.80. The first kappa shape index (κ1) is 18.8. The zero-order valence-electron chi connectivity index (χ0n) is 14.6. The van der Waals surface area contributed by atoms with E-state index in [1.54, 1.807) is 11.3 Å². The number of amides is 1. The minimum absolute atomic E-state index is 0.0128. The Balaban J connectivity index is 1.51. The number of anilines is 1. The zero-order chi connectivity index (χ0) is 19.7. The Morgan fingerprint density at radius 2 is 2.14 bits per heavy atom. The molecule has 1 amide bonds. The van der Waals surface area contributed by atoms with Crippen LogP contribution < -0.4 is 5.32 Å². The molecule has 10 heteroatoms. The summed E-state index contributed by atoms with van der Waals surface area (Å²) in [6, 6.07) is 3.03. The van der Waals surface area contributed by atoms with Gasteiger partial charge in [-0.2, -0.15) is 0 Å². The van der Waals surface area contributed by atoms with Gasteiger partial charge in [0.15, 0.2) is 0 Å². The predicted octanol–water partition coefficient (Wildman–Crippen LogP) is 4.35. The number of thiophene rings is 1. The lowest BCUT2D eigenvalue weighted by atomic mass is 9.97. The van der Waals surface area contributed by atoms with Gasteiger partial charge in [-0.3, -0.25) is 14.9 Å². The van der Waals surface area contributed by atoms with Crippen LogP contribution in [0.25, 0.3) is 10.2 Å². The summed E-state index contributed by atoms with van der Waals surface area (Å²) in [4.78, 5) is 33.4. The molecule has 3 aromatic rings. The van der Waals surface area contributed by atoms with Crippen molar-refractivity contribution in [2.24, 2.45) is 0 Å². The van der Waals surface area contributed by atoms with Gasteiger partial charge in [0, 0.05) is 22.4 Å². The van der Waals surface area contributed by atoms with E-state index >= 15 is 0 Å². The normalized spacial score (nSPS) is 13.3. The first-order valence-corrected chi connectivity index (χ1v) is 10.4. The maximum atomic E-state index is 13.8. The molecule has 0 spiro atoms. The summed E-state index contributed by atoms with van der Waals surface area (Å²) in [5, 5.41) is 15.0. The number of benzene rings is 1. The van der Waals surface area contributed by atoms with Gasteiger partial charge in [0.05, 0.1) is 16.4 Å². The number of nitro benzene ring substituents is 1. The van der Waals surface area contributed by atoms with Crippen LogP contribution in [0.2, 0.25) is 0 Å². The zero-order valence-corrected chi connectivity index (χ0v) is 16.2. The van der Waals surface area contributed by atoms with E-state index in [0.717, 1.165) is 52.7 Å². The number of non-ortho nitro benzene ring substituents is 1. The molecule has 0 atom stereocenters. The lowest BCUT2D eigenvalue weighted by molar-refractivity contribution is -0.384. The number of aromatic nitrogens is 2. The summed E-state index contributed by atoms with van der Waals surface area (Å²) in [7, 11) is 0. The summed E-state index contributed by atoms with van der Waals surface area (Å²) < 4.78 is 13.8. The van der Waals surface area contributed by atoms with Crippen LogP contribution >= 0.6 is 23.1 Å². The predicted molar refractivity (Wildman–Crippen MR) is 106 cm³/mol. The van der Waals surface area contributed by atoms with Crippen LogP contribution in [0.4, 0.5) is 15.8 Å². The number of carbonyl (C=O) groups excluding carboxylic acids is 1. The smallest absolute Gasteiger partial charge is 0.271 e. The van der Waals surface area contributed by atoms with E-state index in [-0.39, 0.29) is 17.1 Å². The summed E-state index contributed by atoms with van der Waals surface area (Å²) in [6.45, 7) is 0. The highest BCUT2D eigenvalue weighted by Gasteiger charge is 2.21. The van der Waals surface area contributed by atoms with Crippen molar-refractivity contribution in [1.29, 1.82) is 0 Å². The quantitative estimate of drug-likeness (QED) is 0.286. The Kier molecular flexibility index (Phi) is 5.23. The number of rotatable bonds is 5. The second-order valence-corrected chi connectivity index (χ2v) is 8.38. The summed E-state index contributed by atoms with van der Waals surface area (Å²) in [5.74, 6) is -1.17. The van der Waals surface area contributed by atoms with Crippen molar-refractivity contribution in [2.75, 3.05) is 11.1 Å². The van der Waals surface area contributed by atoms with Crippen molar-refractivity contribution >= 4 is 50.6 Å². The third-order valence-electron chi connectivity index (χ3n) is 4.49. The average Bonchev–Trinajstić information content (AvgIpc) is 3.07. The van der Waals surface area contributed by atoms with Crippen LogP contribution in [0.5, 0.6) is 0 Å². The van der Waals surface area contributed by atoms with Crippen molar-refractivity contribution in [3.63, 3.8) is 0 Å². The van der Waals surface area contributed by atoms with E-state index < -0.39 is 16.6 Å². The minimum Gasteiger partial charge on any atom is -0.323 e. The van der Waals surface area contributed by atoms with E-state index in [1.807, 2.05) is 0 Å². The first-order valence-electron chi connectivity index (χ1n) is 8.65. The van der Waals surface area contributed by atoms with Gasteiger partial charge < -0.3 is 5.32 Å². The largest absolute Gasteiger partial charge is 0.323 e. The van der Waals surface area contributed by atoms with E-state index in [4.69, 9.17) is 0 Å². The van der Waals surface area contributed by atoms with Gasteiger partial charge in [-0.05, 0) is 37.3 Å². The van der Waals surface area contributed by atoms with E-state index in [1.165, 1.54) is 35.0 Å². The molecule has 0 bridgehead atoms. The molecule has 1 aliphatic carbocycles. The molecule has 0 aliphatic heterocycles. The number of halogens is 1. The van der Waals surface area contributed by atoms with Gasteiger partial charge in [0.25, 0.3) is 5.69 Å². The average molecular weight is 418 g/mol. The molecule has 1 aliphatic rings.